The molecule has 0 radical (unpaired) electrons. The number of ether oxygens (including phenoxy) is 1. The lowest BCUT2D eigenvalue weighted by Crippen LogP contribution is -2.36. The smallest absolute Gasteiger partial charge is 0.294 e. The predicted octanol–water partition coefficient (Wildman–Crippen LogP) is 7.00. The molecule has 1 aliphatic heterocycles. The average molecular weight is 591 g/mol. The highest BCUT2D eigenvalue weighted by molar-refractivity contribution is 9.10. The Labute approximate surface area is 230 Å². The van der Waals surface area contributed by atoms with Gasteiger partial charge in [-0.1, -0.05) is 48.5 Å². The number of imide groups is 1. The minimum Gasteiger partial charge on any atom is -0.488 e. The summed E-state index contributed by atoms with van der Waals surface area (Å²) in [5.74, 6) is -1.04. The molecule has 190 valence electrons. The molecule has 0 aromatic heterocycles. The standard InChI is InChI=1S/C29H20BrFN2O4S/c30-24-13-18(9-11-25(24)37-17-19-8-10-20-4-1-2-5-21(20)12-19)14-26-28(35)33(29(36)38-26)16-27(34)32-23-7-3-6-22(31)15-23/h1-15H,16-17H2,(H,32,34)/b26-14+. The SMILES string of the molecule is O=C(CN1C(=O)S/C(=C/c2ccc(OCc3ccc4ccccc4c3)c(Br)c2)C1=O)Nc1cccc(F)c1. The van der Waals surface area contributed by atoms with E-state index in [1.807, 2.05) is 18.2 Å². The molecule has 0 unspecified atom stereocenters. The summed E-state index contributed by atoms with van der Waals surface area (Å²) in [5.41, 5.74) is 1.96. The van der Waals surface area contributed by atoms with Crippen LogP contribution in [-0.4, -0.2) is 28.5 Å². The Morgan fingerprint density at radius 2 is 1.79 bits per heavy atom. The third kappa shape index (κ3) is 5.95. The monoisotopic (exact) mass is 590 g/mol. The third-order valence-electron chi connectivity index (χ3n) is 5.75. The van der Waals surface area contributed by atoms with Crippen molar-refractivity contribution in [3.8, 4) is 5.75 Å². The number of fused-ring (bicyclic) bond motifs is 1. The van der Waals surface area contributed by atoms with Gasteiger partial charge >= 0.3 is 0 Å². The van der Waals surface area contributed by atoms with Crippen molar-refractivity contribution in [1.82, 2.24) is 4.90 Å². The van der Waals surface area contributed by atoms with Crippen LogP contribution in [0.5, 0.6) is 5.75 Å². The summed E-state index contributed by atoms with van der Waals surface area (Å²) in [6.07, 6.45) is 1.59. The Hall–Kier alpha value is -3.95. The minimum atomic E-state index is -0.602. The van der Waals surface area contributed by atoms with E-state index in [9.17, 15) is 18.8 Å². The summed E-state index contributed by atoms with van der Waals surface area (Å²) in [6, 6.07) is 25.0. The van der Waals surface area contributed by atoms with Gasteiger partial charge < -0.3 is 10.1 Å². The highest BCUT2D eigenvalue weighted by Crippen LogP contribution is 2.34. The number of rotatable bonds is 7. The summed E-state index contributed by atoms with van der Waals surface area (Å²) < 4.78 is 20.0. The highest BCUT2D eigenvalue weighted by Gasteiger charge is 2.36. The van der Waals surface area contributed by atoms with Gasteiger partial charge in [-0.2, -0.15) is 0 Å². The van der Waals surface area contributed by atoms with Crippen molar-refractivity contribution in [3.63, 3.8) is 0 Å². The van der Waals surface area contributed by atoms with Crippen LogP contribution in [0.4, 0.5) is 14.9 Å². The van der Waals surface area contributed by atoms with Gasteiger partial charge in [0.2, 0.25) is 5.91 Å². The molecule has 3 amide bonds. The molecule has 0 atom stereocenters. The van der Waals surface area contributed by atoms with Crippen molar-refractivity contribution < 1.29 is 23.5 Å². The molecule has 4 aromatic rings. The fourth-order valence-corrected chi connectivity index (χ4v) is 5.26. The van der Waals surface area contributed by atoms with Crippen LogP contribution in [0.15, 0.2) is 94.3 Å². The van der Waals surface area contributed by atoms with E-state index in [2.05, 4.69) is 45.5 Å². The van der Waals surface area contributed by atoms with Gasteiger partial charge in [-0.05, 0) is 92.1 Å². The van der Waals surface area contributed by atoms with Gasteiger partial charge in [0.25, 0.3) is 11.1 Å². The minimum absolute atomic E-state index is 0.199. The topological polar surface area (TPSA) is 75.7 Å². The number of halogens is 2. The second kappa shape index (κ2) is 11.2. The van der Waals surface area contributed by atoms with Crippen molar-refractivity contribution >= 4 is 67.3 Å². The zero-order chi connectivity index (χ0) is 26.6. The number of benzene rings is 4. The van der Waals surface area contributed by atoms with Crippen LogP contribution in [0.25, 0.3) is 16.8 Å². The summed E-state index contributed by atoms with van der Waals surface area (Å²) in [5, 5.41) is 4.24. The zero-order valence-corrected chi connectivity index (χ0v) is 22.2. The van der Waals surface area contributed by atoms with E-state index in [-0.39, 0.29) is 10.6 Å². The first-order valence-corrected chi connectivity index (χ1v) is 13.2. The first-order valence-electron chi connectivity index (χ1n) is 11.6. The van der Waals surface area contributed by atoms with Gasteiger partial charge in [-0.25, -0.2) is 4.39 Å². The zero-order valence-electron chi connectivity index (χ0n) is 19.8. The maximum atomic E-state index is 13.3. The molecular weight excluding hydrogens is 571 g/mol. The fraction of sp³-hybridized carbons (Fsp3) is 0.0690. The number of nitrogens with one attached hydrogen (secondary N) is 1. The number of thioether (sulfide) groups is 1. The molecular formula is C29H20BrFN2O4S. The van der Waals surface area contributed by atoms with Crippen molar-refractivity contribution in [2.24, 2.45) is 0 Å². The van der Waals surface area contributed by atoms with Crippen LogP contribution >= 0.6 is 27.7 Å². The van der Waals surface area contributed by atoms with Crippen molar-refractivity contribution in [2.45, 2.75) is 6.61 Å². The molecule has 1 saturated heterocycles. The maximum Gasteiger partial charge on any atom is 0.294 e. The van der Waals surface area contributed by atoms with E-state index < -0.39 is 29.4 Å². The van der Waals surface area contributed by atoms with Crippen LogP contribution in [-0.2, 0) is 16.2 Å². The number of hydrogen-bond donors (Lipinski definition) is 1. The highest BCUT2D eigenvalue weighted by atomic mass is 79.9. The lowest BCUT2D eigenvalue weighted by Gasteiger charge is -2.12. The van der Waals surface area contributed by atoms with Gasteiger partial charge in [0.15, 0.2) is 0 Å². The molecule has 38 heavy (non-hydrogen) atoms. The third-order valence-corrected chi connectivity index (χ3v) is 7.27. The van der Waals surface area contributed by atoms with Gasteiger partial charge in [0.05, 0.1) is 9.38 Å². The molecule has 1 fully saturated rings. The Bertz CT molecular complexity index is 1610. The van der Waals surface area contributed by atoms with Crippen molar-refractivity contribution in [2.75, 3.05) is 11.9 Å². The largest absolute Gasteiger partial charge is 0.488 e. The molecule has 9 heteroatoms. The number of amides is 3. The molecule has 1 aliphatic rings. The lowest BCUT2D eigenvalue weighted by atomic mass is 10.1. The predicted molar refractivity (Wildman–Crippen MR) is 150 cm³/mol. The molecule has 1 N–H and O–H groups in total. The Kier molecular flexibility index (Phi) is 7.57. The van der Waals surface area contributed by atoms with Crippen molar-refractivity contribution in [1.29, 1.82) is 0 Å². The van der Waals surface area contributed by atoms with E-state index in [1.54, 1.807) is 24.3 Å². The Morgan fingerprint density at radius 1 is 0.974 bits per heavy atom. The van der Waals surface area contributed by atoms with Gasteiger partial charge in [-0.15, -0.1) is 0 Å². The number of hydrogen-bond acceptors (Lipinski definition) is 5. The lowest BCUT2D eigenvalue weighted by molar-refractivity contribution is -0.127. The quantitative estimate of drug-likeness (QED) is 0.235. The van der Waals surface area contributed by atoms with Gasteiger partial charge in [-0.3, -0.25) is 19.3 Å². The molecule has 0 spiro atoms. The van der Waals surface area contributed by atoms with Crippen LogP contribution in [0.3, 0.4) is 0 Å². The Morgan fingerprint density at radius 3 is 2.58 bits per heavy atom. The molecule has 0 aliphatic carbocycles. The first-order chi connectivity index (χ1) is 18.4. The van der Waals surface area contributed by atoms with E-state index in [0.717, 1.165) is 33.7 Å². The fourth-order valence-electron chi connectivity index (χ4n) is 3.91. The van der Waals surface area contributed by atoms with Gasteiger partial charge in [0.1, 0.15) is 24.7 Å². The summed E-state index contributed by atoms with van der Waals surface area (Å²) >= 11 is 4.27. The summed E-state index contributed by atoms with van der Waals surface area (Å²) in [6.45, 7) is -0.0802. The van der Waals surface area contributed by atoms with E-state index >= 15 is 0 Å². The van der Waals surface area contributed by atoms with E-state index in [1.165, 1.54) is 23.6 Å². The molecule has 6 nitrogen and oxygen atoms in total. The molecule has 1 heterocycles. The number of carbonyl (C=O) groups is 3. The average Bonchev–Trinajstić information content (AvgIpc) is 3.15. The first kappa shape index (κ1) is 25.7. The van der Waals surface area contributed by atoms with Crippen molar-refractivity contribution in [3.05, 3.63) is 111 Å². The van der Waals surface area contributed by atoms with Gasteiger partial charge in [0, 0.05) is 5.69 Å². The molecule has 0 bridgehead atoms. The normalized spacial score (nSPS) is 14.4. The van der Waals surface area contributed by atoms with Crippen LogP contribution in [0.2, 0.25) is 0 Å². The molecule has 4 aromatic carbocycles. The van der Waals surface area contributed by atoms with E-state index in [0.29, 0.717) is 22.4 Å². The second-order valence-electron chi connectivity index (χ2n) is 8.49. The summed E-state index contributed by atoms with van der Waals surface area (Å²) in [7, 11) is 0. The van der Waals surface area contributed by atoms with Crippen LogP contribution in [0.1, 0.15) is 11.1 Å². The second-order valence-corrected chi connectivity index (χ2v) is 10.3. The van der Waals surface area contributed by atoms with Crippen LogP contribution in [0, 0.1) is 5.82 Å². The Balaban J connectivity index is 1.22. The molecule has 0 saturated carbocycles. The maximum absolute atomic E-state index is 13.3. The number of carbonyl (C=O) groups excluding carboxylic acids is 3. The van der Waals surface area contributed by atoms with E-state index in [4.69, 9.17) is 4.74 Å². The number of anilines is 1. The summed E-state index contributed by atoms with van der Waals surface area (Å²) in [4.78, 5) is 38.6. The molecule has 5 rings (SSSR count). The number of nitrogens with zero attached hydrogens (tertiary/aromatic N) is 1. The van der Waals surface area contributed by atoms with Crippen LogP contribution < -0.4 is 10.1 Å².